The largest absolute Gasteiger partial charge is 0.327 e. The lowest BCUT2D eigenvalue weighted by Gasteiger charge is -2.35. The molecule has 1 aliphatic rings. The Kier molecular flexibility index (Phi) is 4.28. The van der Waals surface area contributed by atoms with E-state index in [9.17, 15) is 8.42 Å². The molecule has 1 fully saturated rings. The van der Waals surface area contributed by atoms with Gasteiger partial charge in [0.1, 0.15) is 0 Å². The SMILES string of the molecule is CCC1CN(S(=O)(=O)c2ccc(C)cc2)CCC1N. The molecule has 106 valence electrons. The van der Waals surface area contributed by atoms with Crippen molar-refractivity contribution in [1.29, 1.82) is 0 Å². The van der Waals surface area contributed by atoms with Gasteiger partial charge in [-0.05, 0) is 31.4 Å². The van der Waals surface area contributed by atoms with Crippen molar-refractivity contribution in [2.45, 2.75) is 37.6 Å². The molecule has 0 aliphatic carbocycles. The summed E-state index contributed by atoms with van der Waals surface area (Å²) in [5.74, 6) is 0.258. The molecule has 0 aromatic heterocycles. The quantitative estimate of drug-likeness (QED) is 0.918. The fourth-order valence-electron chi connectivity index (χ4n) is 2.53. The molecule has 1 saturated heterocycles. The van der Waals surface area contributed by atoms with Crippen molar-refractivity contribution in [2.75, 3.05) is 13.1 Å². The van der Waals surface area contributed by atoms with Gasteiger partial charge in [0.2, 0.25) is 10.0 Å². The lowest BCUT2D eigenvalue weighted by Crippen LogP contribution is -2.48. The van der Waals surface area contributed by atoms with Gasteiger partial charge in [-0.25, -0.2) is 8.42 Å². The number of nitrogens with zero attached hydrogens (tertiary/aromatic N) is 1. The summed E-state index contributed by atoms with van der Waals surface area (Å²) in [6.45, 7) is 5.07. The van der Waals surface area contributed by atoms with E-state index >= 15 is 0 Å². The summed E-state index contributed by atoms with van der Waals surface area (Å²) in [5, 5.41) is 0. The normalized spacial score (nSPS) is 25.4. The average molecular weight is 282 g/mol. The molecular formula is C14H22N2O2S. The number of aryl methyl sites for hydroxylation is 1. The fraction of sp³-hybridized carbons (Fsp3) is 0.571. The van der Waals surface area contributed by atoms with Crippen LogP contribution in [-0.2, 0) is 10.0 Å². The number of sulfonamides is 1. The Morgan fingerprint density at radius 3 is 2.53 bits per heavy atom. The fourth-order valence-corrected chi connectivity index (χ4v) is 4.04. The van der Waals surface area contributed by atoms with E-state index in [1.54, 1.807) is 16.4 Å². The first kappa shape index (κ1) is 14.5. The van der Waals surface area contributed by atoms with Gasteiger partial charge in [0.05, 0.1) is 4.90 Å². The van der Waals surface area contributed by atoms with E-state index in [1.807, 2.05) is 19.1 Å². The van der Waals surface area contributed by atoms with Gasteiger partial charge in [-0.3, -0.25) is 0 Å². The van der Waals surface area contributed by atoms with Crippen molar-refractivity contribution in [1.82, 2.24) is 4.31 Å². The van der Waals surface area contributed by atoms with Gasteiger partial charge in [0.15, 0.2) is 0 Å². The van der Waals surface area contributed by atoms with Crippen molar-refractivity contribution in [3.05, 3.63) is 29.8 Å². The molecular weight excluding hydrogens is 260 g/mol. The number of rotatable bonds is 3. The van der Waals surface area contributed by atoms with Gasteiger partial charge < -0.3 is 5.73 Å². The summed E-state index contributed by atoms with van der Waals surface area (Å²) in [5.41, 5.74) is 7.09. The van der Waals surface area contributed by atoms with E-state index in [1.165, 1.54) is 0 Å². The number of hydrogen-bond donors (Lipinski definition) is 1. The molecule has 0 amide bonds. The predicted octanol–water partition coefficient (Wildman–Crippen LogP) is 1.74. The van der Waals surface area contributed by atoms with E-state index in [-0.39, 0.29) is 12.0 Å². The maximum absolute atomic E-state index is 12.6. The molecule has 2 rings (SSSR count). The Balaban J connectivity index is 2.23. The van der Waals surface area contributed by atoms with Crippen molar-refractivity contribution in [3.63, 3.8) is 0 Å². The van der Waals surface area contributed by atoms with Crippen LogP contribution in [-0.4, -0.2) is 31.9 Å². The van der Waals surface area contributed by atoms with E-state index in [0.29, 0.717) is 18.0 Å². The highest BCUT2D eigenvalue weighted by molar-refractivity contribution is 7.89. The average Bonchev–Trinajstić information content (AvgIpc) is 2.39. The minimum Gasteiger partial charge on any atom is -0.327 e. The van der Waals surface area contributed by atoms with Crippen molar-refractivity contribution < 1.29 is 8.42 Å². The van der Waals surface area contributed by atoms with Crippen LogP contribution in [0, 0.1) is 12.8 Å². The molecule has 0 bridgehead atoms. The Labute approximate surface area is 115 Å². The van der Waals surface area contributed by atoms with Crippen LogP contribution in [0.15, 0.2) is 29.2 Å². The summed E-state index contributed by atoms with van der Waals surface area (Å²) in [6.07, 6.45) is 1.66. The van der Waals surface area contributed by atoms with E-state index in [4.69, 9.17) is 5.73 Å². The molecule has 19 heavy (non-hydrogen) atoms. The van der Waals surface area contributed by atoms with Crippen LogP contribution in [0.5, 0.6) is 0 Å². The number of benzene rings is 1. The Morgan fingerprint density at radius 1 is 1.32 bits per heavy atom. The van der Waals surface area contributed by atoms with E-state index in [2.05, 4.69) is 6.92 Å². The molecule has 2 unspecified atom stereocenters. The van der Waals surface area contributed by atoms with Gasteiger partial charge in [-0.2, -0.15) is 4.31 Å². The second kappa shape index (κ2) is 5.61. The molecule has 1 aromatic rings. The molecule has 4 nitrogen and oxygen atoms in total. The maximum atomic E-state index is 12.6. The standard InChI is InChI=1S/C14H22N2O2S/c1-3-12-10-16(9-8-14(12)15)19(17,18)13-6-4-11(2)5-7-13/h4-7,12,14H,3,8-10,15H2,1-2H3. The van der Waals surface area contributed by atoms with Crippen LogP contribution in [0.3, 0.4) is 0 Å². The summed E-state index contributed by atoms with van der Waals surface area (Å²) in [6, 6.07) is 7.15. The van der Waals surface area contributed by atoms with Crippen LogP contribution in [0.2, 0.25) is 0 Å². The van der Waals surface area contributed by atoms with Crippen molar-refractivity contribution in [3.8, 4) is 0 Å². The summed E-state index contributed by atoms with van der Waals surface area (Å²) >= 11 is 0. The highest BCUT2D eigenvalue weighted by atomic mass is 32.2. The Hall–Kier alpha value is -0.910. The highest BCUT2D eigenvalue weighted by Gasteiger charge is 2.33. The second-order valence-electron chi connectivity index (χ2n) is 5.30. The molecule has 1 aromatic carbocycles. The summed E-state index contributed by atoms with van der Waals surface area (Å²) in [4.78, 5) is 0.378. The van der Waals surface area contributed by atoms with Crippen LogP contribution < -0.4 is 5.73 Å². The van der Waals surface area contributed by atoms with Crippen molar-refractivity contribution >= 4 is 10.0 Å². The maximum Gasteiger partial charge on any atom is 0.243 e. The molecule has 1 heterocycles. The smallest absolute Gasteiger partial charge is 0.243 e. The first-order valence-corrected chi connectivity index (χ1v) is 8.21. The van der Waals surface area contributed by atoms with Crippen LogP contribution in [0.25, 0.3) is 0 Å². The first-order chi connectivity index (χ1) is 8.95. The summed E-state index contributed by atoms with van der Waals surface area (Å²) < 4.78 is 26.7. The third kappa shape index (κ3) is 2.99. The third-order valence-electron chi connectivity index (χ3n) is 3.94. The minimum atomic E-state index is -3.37. The molecule has 0 saturated carbocycles. The summed E-state index contributed by atoms with van der Waals surface area (Å²) in [7, 11) is -3.37. The van der Waals surface area contributed by atoms with Gasteiger partial charge in [0.25, 0.3) is 0 Å². The monoisotopic (exact) mass is 282 g/mol. The zero-order valence-corrected chi connectivity index (χ0v) is 12.4. The zero-order chi connectivity index (χ0) is 14.0. The van der Waals surface area contributed by atoms with Gasteiger partial charge >= 0.3 is 0 Å². The number of hydrogen-bond acceptors (Lipinski definition) is 3. The molecule has 0 radical (unpaired) electrons. The predicted molar refractivity (Wildman–Crippen MR) is 76.3 cm³/mol. The van der Waals surface area contributed by atoms with E-state index < -0.39 is 10.0 Å². The van der Waals surface area contributed by atoms with Crippen LogP contribution in [0.1, 0.15) is 25.3 Å². The Morgan fingerprint density at radius 2 is 1.95 bits per heavy atom. The Bertz CT molecular complexity index is 525. The molecule has 0 spiro atoms. The topological polar surface area (TPSA) is 63.4 Å². The number of nitrogens with two attached hydrogens (primary N) is 1. The molecule has 2 N–H and O–H groups in total. The van der Waals surface area contributed by atoms with Gasteiger partial charge in [-0.1, -0.05) is 31.0 Å². The van der Waals surface area contributed by atoms with Gasteiger partial charge in [-0.15, -0.1) is 0 Å². The van der Waals surface area contributed by atoms with E-state index in [0.717, 1.165) is 18.4 Å². The highest BCUT2D eigenvalue weighted by Crippen LogP contribution is 2.24. The van der Waals surface area contributed by atoms with Crippen LogP contribution in [0.4, 0.5) is 0 Å². The lowest BCUT2D eigenvalue weighted by molar-refractivity contribution is 0.230. The third-order valence-corrected chi connectivity index (χ3v) is 5.82. The molecule has 2 atom stereocenters. The molecule has 1 aliphatic heterocycles. The zero-order valence-electron chi connectivity index (χ0n) is 11.5. The van der Waals surface area contributed by atoms with Gasteiger partial charge in [0, 0.05) is 19.1 Å². The van der Waals surface area contributed by atoms with Crippen LogP contribution >= 0.6 is 0 Å². The first-order valence-electron chi connectivity index (χ1n) is 6.77. The second-order valence-corrected chi connectivity index (χ2v) is 7.23. The number of piperidine rings is 1. The minimum absolute atomic E-state index is 0.120. The molecule has 5 heteroatoms. The lowest BCUT2D eigenvalue weighted by atomic mass is 9.92. The van der Waals surface area contributed by atoms with Crippen molar-refractivity contribution in [2.24, 2.45) is 11.7 Å².